The van der Waals surface area contributed by atoms with Gasteiger partial charge in [0.25, 0.3) is 6.43 Å². The predicted molar refractivity (Wildman–Crippen MR) is 133 cm³/mol. The number of morpholine rings is 1. The lowest BCUT2D eigenvalue weighted by atomic mass is 9.91. The van der Waals surface area contributed by atoms with Crippen LogP contribution in [0.2, 0.25) is 0 Å². The van der Waals surface area contributed by atoms with Gasteiger partial charge in [0.2, 0.25) is 5.95 Å². The van der Waals surface area contributed by atoms with Crippen LogP contribution in [0.5, 0.6) is 0 Å². The van der Waals surface area contributed by atoms with Gasteiger partial charge in [0, 0.05) is 24.7 Å². The van der Waals surface area contributed by atoms with E-state index >= 15 is 0 Å². The maximum absolute atomic E-state index is 14.1. The number of rotatable bonds is 6. The summed E-state index contributed by atoms with van der Waals surface area (Å²) in [5.74, 6) is 1.24. The maximum atomic E-state index is 14.1. The highest BCUT2D eigenvalue weighted by Crippen LogP contribution is 2.31. The number of nitrogens with zero attached hydrogens (tertiary/aromatic N) is 6. The molecule has 0 radical (unpaired) electrons. The molecule has 3 aromatic rings. The third-order valence-corrected chi connectivity index (χ3v) is 7.13. The van der Waals surface area contributed by atoms with Crippen LogP contribution < -0.4 is 10.2 Å². The van der Waals surface area contributed by atoms with Gasteiger partial charge in [-0.05, 0) is 58.8 Å². The fourth-order valence-corrected chi connectivity index (χ4v) is 5.17. The lowest BCUT2D eigenvalue weighted by Crippen LogP contribution is -2.44. The van der Waals surface area contributed by atoms with Crippen LogP contribution in [0, 0.1) is 0 Å². The molecule has 188 valence electrons. The summed E-state index contributed by atoms with van der Waals surface area (Å²) in [6.45, 7) is 3.94. The third kappa shape index (κ3) is 4.95. The van der Waals surface area contributed by atoms with Crippen molar-refractivity contribution in [3.8, 4) is 5.82 Å². The summed E-state index contributed by atoms with van der Waals surface area (Å²) in [6.07, 6.45) is 1.48. The lowest BCUT2D eigenvalue weighted by molar-refractivity contribution is 0.0985. The van der Waals surface area contributed by atoms with Gasteiger partial charge in [0.15, 0.2) is 5.82 Å². The number of aromatic nitrogens is 4. The second kappa shape index (κ2) is 10.0. The molecule has 1 aliphatic carbocycles. The van der Waals surface area contributed by atoms with Crippen molar-refractivity contribution in [2.45, 2.75) is 57.2 Å². The number of anilines is 2. The fraction of sp³-hybridized carbons (Fsp3) is 0.560. The predicted octanol–water partition coefficient (Wildman–Crippen LogP) is 4.26. The molecule has 3 heterocycles. The first-order valence-electron chi connectivity index (χ1n) is 12.3. The minimum Gasteiger partial charge on any atom is -0.377 e. The summed E-state index contributed by atoms with van der Waals surface area (Å²) in [6, 6.07) is 9.88. The smallest absolute Gasteiger partial charge is 0.296 e. The third-order valence-electron chi connectivity index (χ3n) is 7.13. The van der Waals surface area contributed by atoms with Gasteiger partial charge in [0.05, 0.1) is 30.3 Å². The standard InChI is InChI=1S/C25H33F2N7O/c1-16-15-35-13-12-33(16)21-14-22(34-20-7-5-4-6-19(20)29-24(34)23(26)27)31-25(30-21)28-17-8-10-18(11-9-17)32(2)3/h4-7,14,16-18,23H,8-13,15H2,1-3H3,(H,28,30,31)/t16-,17-,18-/m1/s1. The molecular formula is C25H33F2N7O. The van der Waals surface area contributed by atoms with E-state index in [2.05, 4.69) is 41.1 Å². The monoisotopic (exact) mass is 485 g/mol. The number of halogens is 2. The Labute approximate surface area is 204 Å². The Bertz CT molecular complexity index is 1160. The highest BCUT2D eigenvalue weighted by molar-refractivity contribution is 5.78. The van der Waals surface area contributed by atoms with Crippen LogP contribution in [0.1, 0.15) is 44.9 Å². The maximum Gasteiger partial charge on any atom is 0.296 e. The van der Waals surface area contributed by atoms with Gasteiger partial charge in [-0.1, -0.05) is 12.1 Å². The molecule has 0 unspecified atom stereocenters. The van der Waals surface area contributed by atoms with Crippen molar-refractivity contribution in [3.05, 3.63) is 36.2 Å². The van der Waals surface area contributed by atoms with Crippen molar-refractivity contribution in [1.82, 2.24) is 24.4 Å². The van der Waals surface area contributed by atoms with Gasteiger partial charge in [-0.2, -0.15) is 9.97 Å². The van der Waals surface area contributed by atoms with E-state index in [0.717, 1.165) is 25.7 Å². The van der Waals surface area contributed by atoms with Crippen LogP contribution >= 0.6 is 0 Å². The van der Waals surface area contributed by atoms with E-state index in [9.17, 15) is 8.78 Å². The molecule has 1 N–H and O–H groups in total. The summed E-state index contributed by atoms with van der Waals surface area (Å²) in [5, 5.41) is 3.51. The zero-order chi connectivity index (χ0) is 24.5. The second-order valence-electron chi connectivity index (χ2n) is 9.73. The van der Waals surface area contributed by atoms with Crippen molar-refractivity contribution in [3.63, 3.8) is 0 Å². The van der Waals surface area contributed by atoms with Gasteiger partial charge in [-0.3, -0.25) is 4.57 Å². The Morgan fingerprint density at radius 1 is 1.06 bits per heavy atom. The Kier molecular flexibility index (Phi) is 6.84. The number of nitrogens with one attached hydrogen (secondary N) is 1. The summed E-state index contributed by atoms with van der Waals surface area (Å²) in [4.78, 5) is 18.2. The Morgan fingerprint density at radius 2 is 1.80 bits per heavy atom. The van der Waals surface area contributed by atoms with E-state index in [1.165, 1.54) is 4.57 Å². The SMILES string of the molecule is C[C@@H]1COCCN1c1cc(-n2c(C(F)F)nc3ccccc32)nc(N[C@H]2CC[C@H](N(C)C)CC2)n1. The molecule has 0 amide bonds. The molecular weight excluding hydrogens is 452 g/mol. The van der Waals surface area contributed by atoms with Gasteiger partial charge in [-0.15, -0.1) is 0 Å². The number of ether oxygens (including phenoxy) is 1. The van der Waals surface area contributed by atoms with Crippen molar-refractivity contribution in [2.75, 3.05) is 44.1 Å². The van der Waals surface area contributed by atoms with E-state index in [0.29, 0.717) is 54.4 Å². The van der Waals surface area contributed by atoms with Gasteiger partial charge in [0.1, 0.15) is 11.6 Å². The molecule has 1 aromatic carbocycles. The summed E-state index contributed by atoms with van der Waals surface area (Å²) >= 11 is 0. The first-order chi connectivity index (χ1) is 16.9. The van der Waals surface area contributed by atoms with E-state index < -0.39 is 6.43 Å². The minimum absolute atomic E-state index is 0.115. The topological polar surface area (TPSA) is 71.3 Å². The van der Waals surface area contributed by atoms with Gasteiger partial charge < -0.3 is 19.9 Å². The average Bonchev–Trinajstić information content (AvgIpc) is 3.25. The number of alkyl halides is 2. The Morgan fingerprint density at radius 3 is 2.51 bits per heavy atom. The second-order valence-corrected chi connectivity index (χ2v) is 9.73. The molecule has 8 nitrogen and oxygen atoms in total. The first-order valence-corrected chi connectivity index (χ1v) is 12.3. The molecule has 35 heavy (non-hydrogen) atoms. The quantitative estimate of drug-likeness (QED) is 0.559. The zero-order valence-electron chi connectivity index (χ0n) is 20.5. The van der Waals surface area contributed by atoms with E-state index in [1.54, 1.807) is 24.3 Å². The zero-order valence-corrected chi connectivity index (χ0v) is 20.5. The number of hydrogen-bond acceptors (Lipinski definition) is 7. The fourth-order valence-electron chi connectivity index (χ4n) is 5.17. The van der Waals surface area contributed by atoms with Crippen LogP contribution in [0.15, 0.2) is 30.3 Å². The van der Waals surface area contributed by atoms with E-state index in [1.807, 2.05) is 6.07 Å². The first kappa shape index (κ1) is 23.9. The Hall–Kier alpha value is -2.85. The van der Waals surface area contributed by atoms with Crippen LogP contribution in [0.3, 0.4) is 0 Å². The molecule has 2 aromatic heterocycles. The molecule has 0 spiro atoms. The van der Waals surface area contributed by atoms with Crippen molar-refractivity contribution in [2.24, 2.45) is 0 Å². The van der Waals surface area contributed by atoms with Gasteiger partial charge in [-0.25, -0.2) is 13.8 Å². The number of para-hydroxylation sites is 2. The largest absolute Gasteiger partial charge is 0.377 e. The molecule has 0 bridgehead atoms. The van der Waals surface area contributed by atoms with Crippen LogP contribution in [0.25, 0.3) is 16.9 Å². The van der Waals surface area contributed by atoms with Gasteiger partial charge >= 0.3 is 0 Å². The van der Waals surface area contributed by atoms with E-state index in [4.69, 9.17) is 14.7 Å². The lowest BCUT2D eigenvalue weighted by Gasteiger charge is -2.35. The summed E-state index contributed by atoms with van der Waals surface area (Å²) in [5.41, 5.74) is 1.11. The number of imidazole rings is 1. The van der Waals surface area contributed by atoms with Crippen molar-refractivity contribution >= 4 is 22.8 Å². The molecule has 1 atom stereocenters. The molecule has 5 rings (SSSR count). The Balaban J connectivity index is 1.55. The number of hydrogen-bond donors (Lipinski definition) is 1. The molecule has 1 saturated heterocycles. The van der Waals surface area contributed by atoms with E-state index in [-0.39, 0.29) is 17.9 Å². The molecule has 1 saturated carbocycles. The molecule has 1 aliphatic heterocycles. The molecule has 2 aliphatic rings. The average molecular weight is 486 g/mol. The van der Waals surface area contributed by atoms with Crippen LogP contribution in [0.4, 0.5) is 20.5 Å². The van der Waals surface area contributed by atoms with Crippen molar-refractivity contribution < 1.29 is 13.5 Å². The van der Waals surface area contributed by atoms with Crippen LogP contribution in [-0.2, 0) is 4.74 Å². The van der Waals surface area contributed by atoms with Crippen LogP contribution in [-0.4, -0.2) is 76.4 Å². The molecule has 2 fully saturated rings. The highest BCUT2D eigenvalue weighted by Gasteiger charge is 2.27. The normalized spacial score (nSPS) is 23.4. The number of fused-ring (bicyclic) bond motifs is 1. The molecule has 10 heteroatoms. The summed E-state index contributed by atoms with van der Waals surface area (Å²) < 4.78 is 35.2. The minimum atomic E-state index is -2.74. The highest BCUT2D eigenvalue weighted by atomic mass is 19.3. The number of benzene rings is 1. The summed E-state index contributed by atoms with van der Waals surface area (Å²) in [7, 11) is 4.24. The van der Waals surface area contributed by atoms with Crippen molar-refractivity contribution in [1.29, 1.82) is 0 Å².